The molecule has 5 heteroatoms. The smallest absolute Gasteiger partial charge is 0.0642 e. The van der Waals surface area contributed by atoms with Crippen molar-refractivity contribution in [1.29, 1.82) is 0 Å². The van der Waals surface area contributed by atoms with E-state index in [0.29, 0.717) is 0 Å². The number of para-hydroxylation sites is 6. The maximum Gasteiger partial charge on any atom is 0.0642 e. The number of benzene rings is 9. The Labute approximate surface area is 344 Å². The Morgan fingerprint density at radius 2 is 0.593 bits per heavy atom. The molecular weight excluding hydrogens is 737 g/mol. The van der Waals surface area contributed by atoms with Crippen LogP contribution in [0, 0.1) is 0 Å². The molecule has 0 atom stereocenters. The molecule has 0 aliphatic carbocycles. The first-order chi connectivity index (χ1) is 29.3. The minimum Gasteiger partial charge on any atom is -0.310 e. The highest BCUT2D eigenvalue weighted by atomic mass is 32.1. The number of aromatic nitrogens is 2. The number of anilines is 6. The zero-order valence-electron chi connectivity index (χ0n) is 31.8. The van der Waals surface area contributed by atoms with Crippen LogP contribution in [0.2, 0.25) is 0 Å². The van der Waals surface area contributed by atoms with Crippen LogP contribution in [0.5, 0.6) is 0 Å². The van der Waals surface area contributed by atoms with Gasteiger partial charge in [-0.2, -0.15) is 0 Å². The summed E-state index contributed by atoms with van der Waals surface area (Å²) in [6.45, 7) is 0. The monoisotopic (exact) mass is 770 g/mol. The van der Waals surface area contributed by atoms with E-state index in [-0.39, 0.29) is 0 Å². The molecule has 0 spiro atoms. The molecule has 276 valence electrons. The lowest BCUT2D eigenvalue weighted by molar-refractivity contribution is 1.20. The van der Waals surface area contributed by atoms with Crippen molar-refractivity contribution >= 4 is 109 Å². The summed E-state index contributed by atoms with van der Waals surface area (Å²) < 4.78 is 7.46. The van der Waals surface area contributed by atoms with Crippen LogP contribution in [-0.4, -0.2) is 9.13 Å². The molecule has 4 heterocycles. The van der Waals surface area contributed by atoms with Gasteiger partial charge < -0.3 is 18.9 Å². The minimum absolute atomic E-state index is 1.11. The molecule has 1 aliphatic rings. The first-order valence-corrected chi connectivity index (χ1v) is 20.9. The van der Waals surface area contributed by atoms with E-state index in [9.17, 15) is 0 Å². The third-order valence-corrected chi connectivity index (χ3v) is 13.4. The molecule has 0 unspecified atom stereocenters. The van der Waals surface area contributed by atoms with Crippen LogP contribution in [-0.2, 0) is 0 Å². The summed E-state index contributed by atoms with van der Waals surface area (Å²) >= 11 is 1.91. The van der Waals surface area contributed by atoms with E-state index in [1.165, 1.54) is 75.2 Å². The largest absolute Gasteiger partial charge is 0.310 e. The molecule has 0 amide bonds. The van der Waals surface area contributed by atoms with E-state index in [0.717, 1.165) is 34.1 Å². The molecule has 4 nitrogen and oxygen atoms in total. The van der Waals surface area contributed by atoms with Crippen molar-refractivity contribution in [2.75, 3.05) is 9.80 Å². The molecule has 12 aromatic rings. The molecular formula is C54H34N4S. The van der Waals surface area contributed by atoms with Gasteiger partial charge in [-0.25, -0.2) is 0 Å². The summed E-state index contributed by atoms with van der Waals surface area (Å²) in [6, 6.07) is 75.5. The number of nitrogens with zero attached hydrogens (tertiary/aromatic N) is 4. The normalized spacial score (nSPS) is 12.7. The minimum atomic E-state index is 1.11. The fourth-order valence-corrected chi connectivity index (χ4v) is 11.1. The standard InChI is InChI=1S/C54H34N4S/c1-3-16-35(17-4-1)55-37-20-15-21-38(34-37)56(36-18-5-2-6-19-36)48-31-33-50(58-45-28-13-9-24-41(45)42-25-10-14-29-46(42)58)54-52(48)51-47(55)30-32-49(53(51)59-54)57-43-26-11-7-22-39(43)40-23-8-12-27-44(40)57/h1-34H. The van der Waals surface area contributed by atoms with E-state index in [1.807, 2.05) is 11.3 Å². The lowest BCUT2D eigenvalue weighted by Crippen LogP contribution is -2.12. The zero-order valence-corrected chi connectivity index (χ0v) is 32.6. The topological polar surface area (TPSA) is 16.3 Å². The third kappa shape index (κ3) is 4.59. The zero-order chi connectivity index (χ0) is 38.6. The van der Waals surface area contributed by atoms with Crippen molar-refractivity contribution in [3.05, 3.63) is 206 Å². The molecule has 3 aromatic heterocycles. The van der Waals surface area contributed by atoms with Crippen LogP contribution in [0.3, 0.4) is 0 Å². The van der Waals surface area contributed by atoms with Crippen molar-refractivity contribution in [1.82, 2.24) is 9.13 Å². The maximum atomic E-state index is 2.49. The highest BCUT2D eigenvalue weighted by molar-refractivity contribution is 7.27. The van der Waals surface area contributed by atoms with Gasteiger partial charge in [0.25, 0.3) is 0 Å². The Kier molecular flexibility index (Phi) is 6.85. The van der Waals surface area contributed by atoms with Gasteiger partial charge in [0.1, 0.15) is 0 Å². The van der Waals surface area contributed by atoms with Gasteiger partial charge in [0.2, 0.25) is 0 Å². The number of fused-ring (bicyclic) bond motifs is 8. The van der Waals surface area contributed by atoms with E-state index < -0.39 is 0 Å². The lowest BCUT2D eigenvalue weighted by atomic mass is 10.0. The highest BCUT2D eigenvalue weighted by Gasteiger charge is 2.30. The summed E-state index contributed by atoms with van der Waals surface area (Å²) in [5, 5.41) is 7.47. The molecule has 59 heavy (non-hydrogen) atoms. The Morgan fingerprint density at radius 1 is 0.271 bits per heavy atom. The quantitative estimate of drug-likeness (QED) is 0.177. The maximum absolute atomic E-state index is 2.49. The Morgan fingerprint density at radius 3 is 0.983 bits per heavy atom. The van der Waals surface area contributed by atoms with Gasteiger partial charge in [-0.1, -0.05) is 115 Å². The molecule has 1 aliphatic heterocycles. The van der Waals surface area contributed by atoms with E-state index in [1.54, 1.807) is 0 Å². The van der Waals surface area contributed by atoms with Crippen molar-refractivity contribution in [3.8, 4) is 11.4 Å². The highest BCUT2D eigenvalue weighted by Crippen LogP contribution is 2.55. The van der Waals surface area contributed by atoms with Gasteiger partial charge in [-0.05, 0) is 91.0 Å². The summed E-state index contributed by atoms with van der Waals surface area (Å²) in [7, 11) is 0. The van der Waals surface area contributed by atoms with Crippen molar-refractivity contribution < 1.29 is 0 Å². The van der Waals surface area contributed by atoms with Gasteiger partial charge in [0, 0.05) is 55.1 Å². The number of thiophene rings is 1. The third-order valence-electron chi connectivity index (χ3n) is 12.2. The van der Waals surface area contributed by atoms with Crippen LogP contribution in [0.25, 0.3) is 75.2 Å². The van der Waals surface area contributed by atoms with Gasteiger partial charge in [-0.3, -0.25) is 0 Å². The lowest BCUT2D eigenvalue weighted by Gasteiger charge is -2.28. The molecule has 0 N–H and O–H groups in total. The summed E-state index contributed by atoms with van der Waals surface area (Å²) in [5.74, 6) is 0. The van der Waals surface area contributed by atoms with Crippen LogP contribution < -0.4 is 9.80 Å². The van der Waals surface area contributed by atoms with Crippen molar-refractivity contribution in [2.45, 2.75) is 0 Å². The first kappa shape index (κ1) is 32.5. The second kappa shape index (κ2) is 12.4. The van der Waals surface area contributed by atoms with E-state index >= 15 is 0 Å². The number of rotatable bonds is 4. The van der Waals surface area contributed by atoms with Crippen LogP contribution in [0.15, 0.2) is 206 Å². The van der Waals surface area contributed by atoms with Crippen molar-refractivity contribution in [3.63, 3.8) is 0 Å². The molecule has 13 rings (SSSR count). The predicted molar refractivity (Wildman–Crippen MR) is 251 cm³/mol. The van der Waals surface area contributed by atoms with Crippen LogP contribution in [0.1, 0.15) is 0 Å². The molecule has 2 bridgehead atoms. The van der Waals surface area contributed by atoms with Gasteiger partial charge >= 0.3 is 0 Å². The average Bonchev–Trinajstić information content (AvgIpc) is 3.97. The fourth-order valence-electron chi connectivity index (χ4n) is 9.78. The van der Waals surface area contributed by atoms with Gasteiger partial charge in [0.15, 0.2) is 0 Å². The first-order valence-electron chi connectivity index (χ1n) is 20.1. The SMILES string of the molecule is c1ccc(N2c3cccc(c3)N(c3ccccc3)c3ccc(-n4c5ccccc5c5ccccc54)c4sc5c(-n6c7ccccc7c7ccccc76)ccc2c5c34)cc1. The molecule has 0 radical (unpaired) electrons. The Bertz CT molecular complexity index is 3290. The van der Waals surface area contributed by atoms with Crippen LogP contribution >= 0.6 is 11.3 Å². The Hall–Kier alpha value is -7.60. The number of hydrogen-bond donors (Lipinski definition) is 0. The number of hydrogen-bond acceptors (Lipinski definition) is 3. The predicted octanol–water partition coefficient (Wildman–Crippen LogP) is 15.5. The molecule has 0 fully saturated rings. The van der Waals surface area contributed by atoms with Gasteiger partial charge in [-0.15, -0.1) is 11.3 Å². The molecule has 9 aromatic carbocycles. The van der Waals surface area contributed by atoms with Crippen molar-refractivity contribution in [2.24, 2.45) is 0 Å². The summed E-state index contributed by atoms with van der Waals surface area (Å²) in [5.41, 5.74) is 13.9. The molecule has 0 saturated carbocycles. The fraction of sp³-hybridized carbons (Fsp3) is 0. The summed E-state index contributed by atoms with van der Waals surface area (Å²) in [4.78, 5) is 4.91. The summed E-state index contributed by atoms with van der Waals surface area (Å²) in [6.07, 6.45) is 0. The average molecular weight is 771 g/mol. The molecule has 0 saturated heterocycles. The second-order valence-electron chi connectivity index (χ2n) is 15.3. The van der Waals surface area contributed by atoms with E-state index in [4.69, 9.17) is 0 Å². The van der Waals surface area contributed by atoms with E-state index in [2.05, 4.69) is 225 Å². The van der Waals surface area contributed by atoms with Gasteiger partial charge in [0.05, 0.1) is 54.2 Å². The Balaban J connectivity index is 1.26. The van der Waals surface area contributed by atoms with Crippen LogP contribution in [0.4, 0.5) is 34.1 Å². The second-order valence-corrected chi connectivity index (χ2v) is 16.3.